The molecule has 11 atom stereocenters. The summed E-state index contributed by atoms with van der Waals surface area (Å²) in [6, 6.07) is -5.44. The Hall–Kier alpha value is -6.15. The van der Waals surface area contributed by atoms with Crippen LogP contribution in [0.4, 0.5) is 0 Å². The van der Waals surface area contributed by atoms with Crippen LogP contribution in [0.3, 0.4) is 0 Å². The predicted octanol–water partition coefficient (Wildman–Crippen LogP) is -3.73. The Labute approximate surface area is 506 Å². The summed E-state index contributed by atoms with van der Waals surface area (Å²) in [5.41, 5.74) is 35.7. The fourth-order valence-corrected chi connectivity index (χ4v) is 11.2. The van der Waals surface area contributed by atoms with Crippen molar-refractivity contribution in [2.24, 2.45) is 40.3 Å². The molecule has 1 fully saturated rings. The van der Waals surface area contributed by atoms with Crippen LogP contribution in [0.2, 0.25) is 0 Å². The molecule has 1 aliphatic rings. The number of nitrogens with one attached hydrogen (secondary N) is 10. The molecule has 1 aromatic carbocycles. The molecule has 23 N–H and O–H groups in total. The fourth-order valence-electron chi connectivity index (χ4n) is 8.89. The molecule has 480 valence electrons. The van der Waals surface area contributed by atoms with E-state index in [0.717, 1.165) is 60.1 Å². The van der Waals surface area contributed by atoms with E-state index in [-0.39, 0.29) is 102 Å². The van der Waals surface area contributed by atoms with Crippen molar-refractivity contribution in [3.05, 3.63) is 35.9 Å². The Bertz CT molecular complexity index is 2290. The number of primary amides is 1. The minimum atomic E-state index is -1.67. The van der Waals surface area contributed by atoms with Gasteiger partial charge in [-0.25, -0.2) is 0 Å². The summed E-state index contributed by atoms with van der Waals surface area (Å²) in [7, 11) is 1.87. The maximum absolute atomic E-state index is 14.5. The van der Waals surface area contributed by atoms with Gasteiger partial charge in [0.2, 0.25) is 65.0 Å². The van der Waals surface area contributed by atoms with E-state index in [9.17, 15) is 57.8 Å². The summed E-state index contributed by atoms with van der Waals surface area (Å²) in [4.78, 5) is 153. The van der Waals surface area contributed by atoms with Gasteiger partial charge in [0.1, 0.15) is 60.4 Å². The molecule has 1 saturated heterocycles. The predicted molar refractivity (Wildman–Crippen MR) is 326 cm³/mol. The third-order valence-corrected chi connectivity index (χ3v) is 16.1. The molecule has 0 spiro atoms. The Morgan fingerprint density at radius 3 is 1.55 bits per heavy atom. The van der Waals surface area contributed by atoms with Crippen LogP contribution in [0.25, 0.3) is 0 Å². The average Bonchev–Trinajstić information content (AvgIpc) is 3.67. The van der Waals surface area contributed by atoms with E-state index in [2.05, 4.69) is 60.1 Å². The topological polar surface area (TPSA) is 484 Å². The standard InChI is InChI=1S/C55H96N16O12S2/c1-5-6-7-8-9-10-14-17-44(73)62-35(18-23-56)51(79)71-45(33(4)72)55(83)66-39(22-27-60)50(78)70-43-31-85-84-30-42(46(61)74)69-49(77)38(21-26-59)63-47(75)36(19-24-57)64-52(80)40(28-32(2)3)67-53(81)41(29-34-15-12-11-13-16-34)68-48(76)37(20-25-58)65-54(43)82/h11-13,15-16,32-33,35-43,45,72H,5-10,14,17-31,56-60H2,1-4H3,(H2,61,74)(H,62,73)(H,63,75)(H,64,80)(H,65,82)(H,66,83)(H,67,81)(H,68,76)(H,69,77)(H,70,78)(H,71,79)/t33?,35-,36?,37-,38-,39-,40-,41+,42+,43-,45-/m0/s1. The number of amides is 11. The Morgan fingerprint density at radius 2 is 1.04 bits per heavy atom. The molecule has 0 aliphatic carbocycles. The molecule has 0 radical (unpaired) electrons. The number of benzene rings is 1. The maximum atomic E-state index is 14.5. The average molecular weight is 1240 g/mol. The lowest BCUT2D eigenvalue weighted by atomic mass is 10.00. The van der Waals surface area contributed by atoms with Crippen molar-refractivity contribution in [3.63, 3.8) is 0 Å². The van der Waals surface area contributed by atoms with Crippen molar-refractivity contribution in [2.45, 2.75) is 191 Å². The summed E-state index contributed by atoms with van der Waals surface area (Å²) < 4.78 is 0. The Morgan fingerprint density at radius 1 is 0.565 bits per heavy atom. The van der Waals surface area contributed by atoms with Crippen LogP contribution in [0.1, 0.15) is 123 Å². The van der Waals surface area contributed by atoms with Gasteiger partial charge in [0.05, 0.1) is 6.10 Å². The van der Waals surface area contributed by atoms with E-state index in [1.165, 1.54) is 6.92 Å². The van der Waals surface area contributed by atoms with Gasteiger partial charge in [-0.15, -0.1) is 0 Å². The third kappa shape index (κ3) is 28.7. The summed E-state index contributed by atoms with van der Waals surface area (Å²) in [5, 5.41) is 36.8. The highest BCUT2D eigenvalue weighted by Crippen LogP contribution is 2.24. The van der Waals surface area contributed by atoms with Crippen molar-refractivity contribution < 1.29 is 57.8 Å². The van der Waals surface area contributed by atoms with E-state index in [1.807, 2.05) is 0 Å². The van der Waals surface area contributed by atoms with Gasteiger partial charge in [-0.3, -0.25) is 52.7 Å². The number of nitrogens with two attached hydrogens (primary N) is 6. The van der Waals surface area contributed by atoms with Crippen LogP contribution >= 0.6 is 21.6 Å². The molecule has 28 nitrogen and oxygen atoms in total. The summed E-state index contributed by atoms with van der Waals surface area (Å²) in [6.45, 7) is 6.38. The second kappa shape index (κ2) is 41.8. The monoisotopic (exact) mass is 1240 g/mol. The van der Waals surface area contributed by atoms with Crippen molar-refractivity contribution in [3.8, 4) is 0 Å². The molecule has 1 aromatic rings. The number of unbranched alkanes of at least 4 members (excludes halogenated alkanes) is 6. The van der Waals surface area contributed by atoms with Gasteiger partial charge in [0.15, 0.2) is 0 Å². The molecule has 30 heteroatoms. The largest absolute Gasteiger partial charge is 0.391 e. The highest BCUT2D eigenvalue weighted by atomic mass is 33.1. The van der Waals surface area contributed by atoms with Crippen LogP contribution in [0.15, 0.2) is 30.3 Å². The second-order valence-electron chi connectivity index (χ2n) is 21.4. The minimum Gasteiger partial charge on any atom is -0.391 e. The van der Waals surface area contributed by atoms with Gasteiger partial charge in [-0.2, -0.15) is 0 Å². The van der Waals surface area contributed by atoms with Crippen LogP contribution in [0, 0.1) is 5.92 Å². The molecule has 1 aliphatic heterocycles. The second-order valence-corrected chi connectivity index (χ2v) is 23.9. The Balaban J connectivity index is 2.61. The van der Waals surface area contributed by atoms with Crippen LogP contribution in [-0.4, -0.2) is 181 Å². The lowest BCUT2D eigenvalue weighted by molar-refractivity contribution is -0.136. The molecular formula is C55H96N16O12S2. The highest BCUT2D eigenvalue weighted by molar-refractivity contribution is 8.76. The van der Waals surface area contributed by atoms with Crippen LogP contribution in [0.5, 0.6) is 0 Å². The number of aliphatic hydroxyl groups is 1. The fraction of sp³-hybridized carbons (Fsp3) is 0.691. The highest BCUT2D eigenvalue weighted by Gasteiger charge is 2.37. The number of hydrogen-bond donors (Lipinski definition) is 17. The number of hydrogen-bond acceptors (Lipinski definition) is 19. The van der Waals surface area contributed by atoms with Gasteiger partial charge in [0, 0.05) is 24.3 Å². The molecule has 0 aromatic heterocycles. The molecule has 85 heavy (non-hydrogen) atoms. The van der Waals surface area contributed by atoms with Gasteiger partial charge in [-0.1, -0.05) is 111 Å². The van der Waals surface area contributed by atoms with Crippen molar-refractivity contribution in [1.29, 1.82) is 0 Å². The first-order valence-electron chi connectivity index (χ1n) is 29.3. The number of carbonyl (C=O) groups excluding carboxylic acids is 11. The van der Waals surface area contributed by atoms with E-state index in [0.29, 0.717) is 12.0 Å². The van der Waals surface area contributed by atoms with Crippen LogP contribution < -0.4 is 87.6 Å². The molecule has 2 unspecified atom stereocenters. The quantitative estimate of drug-likeness (QED) is 0.0251. The first-order chi connectivity index (χ1) is 40.5. The van der Waals surface area contributed by atoms with Crippen LogP contribution in [-0.2, 0) is 59.2 Å². The van der Waals surface area contributed by atoms with E-state index in [1.54, 1.807) is 44.2 Å². The molecule has 0 bridgehead atoms. The van der Waals surface area contributed by atoms with Crippen molar-refractivity contribution in [1.82, 2.24) is 53.2 Å². The zero-order valence-corrected chi connectivity index (χ0v) is 51.2. The summed E-state index contributed by atoms with van der Waals surface area (Å²) >= 11 is 0. The lowest BCUT2D eigenvalue weighted by Gasteiger charge is -2.28. The molecule has 2 rings (SSSR count). The maximum Gasteiger partial charge on any atom is 0.245 e. The normalized spacial score (nSPS) is 22.1. The van der Waals surface area contributed by atoms with Gasteiger partial charge >= 0.3 is 0 Å². The van der Waals surface area contributed by atoms with E-state index in [4.69, 9.17) is 34.4 Å². The SMILES string of the molecule is CCCCCCCCCC(=O)N[C@@H](CCN)C(=O)N[C@H](C(=O)N[C@@H](CCN)C(=O)N[C@H]1CSSC[C@H](C(N)=O)NC(=O)[C@H](CCN)NC(=O)C(CCN)NC(=O)[C@H](CC(C)C)NC(=O)[C@@H](Cc2ccccc2)NC(=O)[C@H](CCN)NC1=O)C(C)O. The molecular weight excluding hydrogens is 1140 g/mol. The van der Waals surface area contributed by atoms with Gasteiger partial charge in [0.25, 0.3) is 0 Å². The molecule has 11 amide bonds. The molecule has 0 saturated carbocycles. The minimum absolute atomic E-state index is 0.0000756. The number of rotatable bonds is 31. The zero-order valence-electron chi connectivity index (χ0n) is 49.6. The smallest absolute Gasteiger partial charge is 0.245 e. The first-order valence-corrected chi connectivity index (χ1v) is 31.8. The van der Waals surface area contributed by atoms with Crippen molar-refractivity contribution >= 4 is 86.6 Å². The van der Waals surface area contributed by atoms with E-state index >= 15 is 0 Å². The third-order valence-electron chi connectivity index (χ3n) is 13.6. The lowest BCUT2D eigenvalue weighted by Crippen LogP contribution is -2.62. The number of carbonyl (C=O) groups is 11. The summed E-state index contributed by atoms with van der Waals surface area (Å²) in [6.07, 6.45) is 4.76. The summed E-state index contributed by atoms with van der Waals surface area (Å²) in [5.74, 6) is -10.0. The first kappa shape index (κ1) is 74.9. The van der Waals surface area contributed by atoms with Gasteiger partial charge in [-0.05, 0) is 96.1 Å². The molecule has 1 heterocycles. The Kier molecular flexibility index (Phi) is 36.9. The van der Waals surface area contributed by atoms with Crippen molar-refractivity contribution in [2.75, 3.05) is 44.2 Å². The zero-order chi connectivity index (χ0) is 63.4. The number of aliphatic hydroxyl groups excluding tert-OH is 1. The van der Waals surface area contributed by atoms with E-state index < -0.39 is 132 Å². The van der Waals surface area contributed by atoms with Gasteiger partial charge < -0.3 is 92.7 Å².